The van der Waals surface area contributed by atoms with Crippen molar-refractivity contribution in [2.24, 2.45) is 7.05 Å². The van der Waals surface area contributed by atoms with Gasteiger partial charge in [0.05, 0.1) is 18.3 Å². The van der Waals surface area contributed by atoms with Gasteiger partial charge in [-0.25, -0.2) is 9.97 Å². The number of imidazole rings is 1. The van der Waals surface area contributed by atoms with E-state index in [9.17, 15) is 4.79 Å². The Hall–Kier alpha value is -3.18. The maximum atomic E-state index is 13.3. The summed E-state index contributed by atoms with van der Waals surface area (Å²) in [5, 5.41) is 0. The first-order chi connectivity index (χ1) is 16.6. The highest BCUT2D eigenvalue weighted by molar-refractivity contribution is 14.1. The number of halogens is 1. The lowest BCUT2D eigenvalue weighted by atomic mass is 10.1. The van der Waals surface area contributed by atoms with Gasteiger partial charge in [-0.1, -0.05) is 46.9 Å². The third-order valence-corrected chi connectivity index (χ3v) is 7.58. The number of alkyl halides is 1. The summed E-state index contributed by atoms with van der Waals surface area (Å²) < 4.78 is 16.4. The number of aromatic nitrogens is 4. The van der Waals surface area contributed by atoms with E-state index in [1.54, 1.807) is 31.8 Å². The normalized spacial score (nSPS) is 11.1. The van der Waals surface area contributed by atoms with Gasteiger partial charge in [0.25, 0.3) is 5.56 Å². The lowest BCUT2D eigenvalue weighted by molar-refractivity contribution is 0.273. The number of ether oxygens (including phenoxy) is 2. The number of methoxy groups -OCH3 is 1. The number of rotatable bonds is 7. The Morgan fingerprint density at radius 3 is 2.59 bits per heavy atom. The largest absolute Gasteiger partial charge is 0.493 e. The Bertz CT molecular complexity index is 1520. The van der Waals surface area contributed by atoms with Crippen LogP contribution in [0.4, 0.5) is 0 Å². The molecule has 0 bridgehead atoms. The van der Waals surface area contributed by atoms with E-state index in [1.807, 2.05) is 29.9 Å². The minimum absolute atomic E-state index is 0.117. The third kappa shape index (κ3) is 4.32. The molecule has 0 aliphatic carbocycles. The summed E-state index contributed by atoms with van der Waals surface area (Å²) in [6.07, 6.45) is 5.15. The van der Waals surface area contributed by atoms with Crippen LogP contribution in [0, 0.1) is 0 Å². The predicted molar refractivity (Wildman–Crippen MR) is 142 cm³/mol. The molecule has 5 rings (SSSR count). The lowest BCUT2D eigenvalue weighted by Crippen LogP contribution is -2.17. The number of benzene rings is 2. The minimum Gasteiger partial charge on any atom is -0.493 e. The summed E-state index contributed by atoms with van der Waals surface area (Å²) in [6, 6.07) is 15.8. The average molecular weight is 584 g/mol. The van der Waals surface area contributed by atoms with Crippen molar-refractivity contribution in [1.29, 1.82) is 0 Å². The van der Waals surface area contributed by atoms with Gasteiger partial charge in [0.15, 0.2) is 11.5 Å². The Kier molecular flexibility index (Phi) is 6.38. The van der Waals surface area contributed by atoms with Crippen molar-refractivity contribution < 1.29 is 9.47 Å². The predicted octanol–water partition coefficient (Wildman–Crippen LogP) is 5.37. The van der Waals surface area contributed by atoms with E-state index in [0.29, 0.717) is 34.0 Å². The van der Waals surface area contributed by atoms with E-state index in [4.69, 9.17) is 9.47 Å². The summed E-state index contributed by atoms with van der Waals surface area (Å²) in [6.45, 7) is 0.309. The molecule has 0 saturated heterocycles. The highest BCUT2D eigenvalue weighted by atomic mass is 127. The molecule has 9 heteroatoms. The highest BCUT2D eigenvalue weighted by Gasteiger charge is 2.14. The molecule has 3 aromatic heterocycles. The summed E-state index contributed by atoms with van der Waals surface area (Å²) in [5.74, 6) is 1.90. The molecule has 34 heavy (non-hydrogen) atoms. The molecular formula is C25H21IN4O3S. The molecule has 0 radical (unpaired) electrons. The minimum atomic E-state index is -0.117. The zero-order valence-electron chi connectivity index (χ0n) is 18.6. The topological polar surface area (TPSA) is 71.2 Å². The molecule has 2 aromatic carbocycles. The van der Waals surface area contributed by atoms with Crippen LogP contribution < -0.4 is 15.0 Å². The van der Waals surface area contributed by atoms with E-state index < -0.39 is 0 Å². The molecule has 0 unspecified atom stereocenters. The summed E-state index contributed by atoms with van der Waals surface area (Å²) in [5.41, 5.74) is 3.59. The fourth-order valence-electron chi connectivity index (χ4n) is 3.60. The van der Waals surface area contributed by atoms with Crippen LogP contribution in [0.25, 0.3) is 26.3 Å². The Labute approximate surface area is 213 Å². The zero-order chi connectivity index (χ0) is 23.7. The number of fused-ring (bicyclic) bond motifs is 1. The zero-order valence-corrected chi connectivity index (χ0v) is 21.5. The summed E-state index contributed by atoms with van der Waals surface area (Å²) >= 11 is 3.80. The molecule has 3 heterocycles. The number of aryl methyl sites for hydroxylation is 1. The van der Waals surface area contributed by atoms with E-state index in [2.05, 4.69) is 56.8 Å². The van der Waals surface area contributed by atoms with Crippen LogP contribution in [0.3, 0.4) is 0 Å². The fraction of sp³-hybridized carbons (Fsp3) is 0.160. The van der Waals surface area contributed by atoms with Crippen LogP contribution in [0.15, 0.2) is 72.0 Å². The van der Waals surface area contributed by atoms with E-state index in [-0.39, 0.29) is 5.56 Å². The van der Waals surface area contributed by atoms with Gasteiger partial charge in [-0.3, -0.25) is 9.36 Å². The molecule has 0 fully saturated rings. The SMILES string of the molecule is COc1cc(-n2cnc3cc(-c4ccc(CI)cc4)sc3c2=O)ccc1OCc1nccn1C. The molecule has 172 valence electrons. The molecule has 0 N–H and O–H groups in total. The van der Waals surface area contributed by atoms with Crippen LogP contribution in [0.2, 0.25) is 0 Å². The average Bonchev–Trinajstić information content (AvgIpc) is 3.49. The maximum absolute atomic E-state index is 13.3. The number of hydrogen-bond acceptors (Lipinski definition) is 6. The van der Waals surface area contributed by atoms with Gasteiger partial charge in [-0.15, -0.1) is 11.3 Å². The van der Waals surface area contributed by atoms with Crippen LogP contribution in [-0.2, 0) is 18.1 Å². The van der Waals surface area contributed by atoms with Gasteiger partial charge < -0.3 is 14.0 Å². The van der Waals surface area contributed by atoms with Crippen LogP contribution in [0.1, 0.15) is 11.4 Å². The molecule has 0 saturated carbocycles. The number of hydrogen-bond donors (Lipinski definition) is 0. The second-order valence-corrected chi connectivity index (χ2v) is 9.47. The molecule has 0 spiro atoms. The fourth-order valence-corrected chi connectivity index (χ4v) is 5.15. The van der Waals surface area contributed by atoms with Gasteiger partial charge in [0, 0.05) is 34.8 Å². The first-order valence-electron chi connectivity index (χ1n) is 10.5. The Morgan fingerprint density at radius 1 is 1.06 bits per heavy atom. The van der Waals surface area contributed by atoms with Crippen molar-refractivity contribution in [3.8, 4) is 27.6 Å². The van der Waals surface area contributed by atoms with Crippen molar-refractivity contribution in [2.75, 3.05) is 7.11 Å². The third-order valence-electron chi connectivity index (χ3n) is 5.53. The van der Waals surface area contributed by atoms with Crippen molar-refractivity contribution in [1.82, 2.24) is 19.1 Å². The molecule has 0 aliphatic rings. The van der Waals surface area contributed by atoms with Gasteiger partial charge in [-0.2, -0.15) is 0 Å². The lowest BCUT2D eigenvalue weighted by Gasteiger charge is -2.13. The highest BCUT2D eigenvalue weighted by Crippen LogP contribution is 2.33. The van der Waals surface area contributed by atoms with E-state index in [1.165, 1.54) is 21.5 Å². The monoisotopic (exact) mass is 584 g/mol. The van der Waals surface area contributed by atoms with Gasteiger partial charge in [0.2, 0.25) is 0 Å². The van der Waals surface area contributed by atoms with Crippen molar-refractivity contribution in [2.45, 2.75) is 11.0 Å². The summed E-state index contributed by atoms with van der Waals surface area (Å²) in [4.78, 5) is 23.2. The smallest absolute Gasteiger partial charge is 0.275 e. The Morgan fingerprint density at radius 2 is 1.88 bits per heavy atom. The number of nitrogens with zero attached hydrogens (tertiary/aromatic N) is 4. The Balaban J connectivity index is 1.46. The number of thiophene rings is 1. The molecule has 7 nitrogen and oxygen atoms in total. The van der Waals surface area contributed by atoms with Crippen molar-refractivity contribution in [3.05, 3.63) is 89.0 Å². The first-order valence-corrected chi connectivity index (χ1v) is 12.9. The van der Waals surface area contributed by atoms with Crippen LogP contribution in [-0.4, -0.2) is 26.2 Å². The molecule has 0 atom stereocenters. The van der Waals surface area contributed by atoms with Gasteiger partial charge in [0.1, 0.15) is 23.5 Å². The molecule has 0 amide bonds. The maximum Gasteiger partial charge on any atom is 0.275 e. The second kappa shape index (κ2) is 9.59. The van der Waals surface area contributed by atoms with E-state index in [0.717, 1.165) is 20.7 Å². The van der Waals surface area contributed by atoms with E-state index >= 15 is 0 Å². The van der Waals surface area contributed by atoms with Gasteiger partial charge in [-0.05, 0) is 29.3 Å². The van der Waals surface area contributed by atoms with Crippen LogP contribution in [0.5, 0.6) is 11.5 Å². The second-order valence-electron chi connectivity index (χ2n) is 7.65. The summed E-state index contributed by atoms with van der Waals surface area (Å²) in [7, 11) is 3.49. The quantitative estimate of drug-likeness (QED) is 0.190. The van der Waals surface area contributed by atoms with Crippen molar-refractivity contribution in [3.63, 3.8) is 0 Å². The molecular weight excluding hydrogens is 563 g/mol. The molecule has 0 aliphatic heterocycles. The van der Waals surface area contributed by atoms with Crippen LogP contribution >= 0.6 is 33.9 Å². The standard InChI is InChI=1S/C25H21IN4O3S/c1-29-10-9-27-23(29)14-33-20-8-7-18(11-21(20)32-2)30-15-28-19-12-22(34-24(19)25(30)31)17-5-3-16(13-26)4-6-17/h3-12,15H,13-14H2,1-2H3. The first kappa shape index (κ1) is 22.6. The van der Waals surface area contributed by atoms with Crippen molar-refractivity contribution >= 4 is 44.1 Å². The van der Waals surface area contributed by atoms with Gasteiger partial charge >= 0.3 is 0 Å². The molecule has 5 aromatic rings.